The van der Waals surface area contributed by atoms with E-state index in [4.69, 9.17) is 15.9 Å². The van der Waals surface area contributed by atoms with Crippen LogP contribution in [0, 0.1) is 16.7 Å². The quantitative estimate of drug-likeness (QED) is 0.648. The van der Waals surface area contributed by atoms with Gasteiger partial charge in [0, 0.05) is 5.54 Å². The van der Waals surface area contributed by atoms with E-state index in [9.17, 15) is 18.0 Å². The Labute approximate surface area is 156 Å². The summed E-state index contributed by atoms with van der Waals surface area (Å²) in [4.78, 5) is 10.3. The molecule has 4 aliphatic rings. The zero-order valence-electron chi connectivity index (χ0n) is 15.6. The Bertz CT molecular complexity index is 711. The molecule has 4 N–H and O–H groups in total. The van der Waals surface area contributed by atoms with Gasteiger partial charge >= 0.3 is 12.1 Å². The second-order valence-electron chi connectivity index (χ2n) is 9.53. The van der Waals surface area contributed by atoms with E-state index in [1.165, 1.54) is 38.5 Å². The van der Waals surface area contributed by atoms with Crippen molar-refractivity contribution in [3.8, 4) is 5.75 Å². The Hall–Kier alpha value is -1.76. The van der Waals surface area contributed by atoms with E-state index in [-0.39, 0.29) is 5.54 Å². The van der Waals surface area contributed by atoms with Gasteiger partial charge in [-0.05, 0) is 73.5 Å². The molecule has 1 aromatic carbocycles. The molecule has 2 atom stereocenters. The van der Waals surface area contributed by atoms with E-state index < -0.39 is 29.0 Å². The predicted molar refractivity (Wildman–Crippen MR) is 94.4 cm³/mol. The van der Waals surface area contributed by atoms with Crippen LogP contribution in [0.1, 0.15) is 68.3 Å². The molecule has 150 valence electrons. The van der Waals surface area contributed by atoms with Gasteiger partial charge in [-0.3, -0.25) is 0 Å². The first-order chi connectivity index (χ1) is 12.2. The molecular formula is C20H26F3NO3. The molecule has 4 nitrogen and oxygen atoms in total. The number of aromatic carboxylic acids is 1. The molecule has 2 unspecified atom stereocenters. The molecule has 0 aromatic heterocycles. The van der Waals surface area contributed by atoms with E-state index >= 15 is 0 Å². The SMILES string of the molecule is CC12CC3CC(C)(C1)CC(N)(C3)C2.O=C(O)c1ccc(C(F)(F)F)cc1O. The summed E-state index contributed by atoms with van der Waals surface area (Å²) in [6, 6.07) is 1.69. The fourth-order valence-electron chi connectivity index (χ4n) is 6.42. The summed E-state index contributed by atoms with van der Waals surface area (Å²) >= 11 is 0. The summed E-state index contributed by atoms with van der Waals surface area (Å²) in [6.07, 6.45) is 3.68. The van der Waals surface area contributed by atoms with Crippen molar-refractivity contribution in [3.63, 3.8) is 0 Å². The predicted octanol–water partition coefficient (Wildman–Crippen LogP) is 4.80. The van der Waals surface area contributed by atoms with E-state index in [2.05, 4.69) is 13.8 Å². The molecule has 0 aliphatic heterocycles. The van der Waals surface area contributed by atoms with Gasteiger partial charge in [0.2, 0.25) is 0 Å². The third-order valence-corrected chi connectivity index (χ3v) is 6.22. The van der Waals surface area contributed by atoms with Crippen LogP contribution in [-0.4, -0.2) is 21.7 Å². The van der Waals surface area contributed by atoms with Crippen molar-refractivity contribution in [1.29, 1.82) is 0 Å². The average molecular weight is 385 g/mol. The van der Waals surface area contributed by atoms with Crippen molar-refractivity contribution in [2.45, 2.75) is 64.1 Å². The first-order valence-corrected chi connectivity index (χ1v) is 9.15. The van der Waals surface area contributed by atoms with Gasteiger partial charge in [-0.1, -0.05) is 13.8 Å². The van der Waals surface area contributed by atoms with Crippen LogP contribution in [0.2, 0.25) is 0 Å². The number of rotatable bonds is 1. The monoisotopic (exact) mass is 385 g/mol. The number of carbonyl (C=O) groups is 1. The van der Waals surface area contributed by atoms with Crippen LogP contribution in [0.15, 0.2) is 18.2 Å². The molecule has 0 saturated heterocycles. The van der Waals surface area contributed by atoms with Gasteiger partial charge in [-0.25, -0.2) is 4.79 Å². The minimum absolute atomic E-state index is 0.225. The summed E-state index contributed by atoms with van der Waals surface area (Å²) in [5.74, 6) is -1.42. The van der Waals surface area contributed by atoms with Crippen LogP contribution >= 0.6 is 0 Å². The lowest BCUT2D eigenvalue weighted by Gasteiger charge is -2.64. The van der Waals surface area contributed by atoms with E-state index in [1.54, 1.807) is 0 Å². The molecule has 0 radical (unpaired) electrons. The van der Waals surface area contributed by atoms with Gasteiger partial charge in [0.15, 0.2) is 0 Å². The fourth-order valence-corrected chi connectivity index (χ4v) is 6.42. The van der Waals surface area contributed by atoms with Crippen LogP contribution < -0.4 is 5.73 Å². The van der Waals surface area contributed by atoms with Crippen molar-refractivity contribution in [2.24, 2.45) is 22.5 Å². The summed E-state index contributed by atoms with van der Waals surface area (Å²) in [5.41, 5.74) is 6.28. The Morgan fingerprint density at radius 1 is 1.11 bits per heavy atom. The summed E-state index contributed by atoms with van der Waals surface area (Å²) < 4.78 is 36.1. The summed E-state index contributed by atoms with van der Waals surface area (Å²) in [7, 11) is 0. The first kappa shape index (κ1) is 20.0. The maximum absolute atomic E-state index is 12.0. The topological polar surface area (TPSA) is 83.6 Å². The number of hydrogen-bond acceptors (Lipinski definition) is 3. The Morgan fingerprint density at radius 3 is 2.04 bits per heavy atom. The van der Waals surface area contributed by atoms with Crippen LogP contribution in [-0.2, 0) is 6.18 Å². The molecule has 0 heterocycles. The number of carboxylic acids is 1. The molecule has 7 heteroatoms. The highest BCUT2D eigenvalue weighted by atomic mass is 19.4. The number of phenols is 1. The Morgan fingerprint density at radius 2 is 1.67 bits per heavy atom. The maximum Gasteiger partial charge on any atom is 0.416 e. The third kappa shape index (κ3) is 4.08. The van der Waals surface area contributed by atoms with Crippen LogP contribution in [0.3, 0.4) is 0 Å². The molecule has 1 aromatic rings. The highest BCUT2D eigenvalue weighted by Gasteiger charge is 2.58. The smallest absolute Gasteiger partial charge is 0.416 e. The number of carboxylic acid groups (broad SMARTS) is 1. The van der Waals surface area contributed by atoms with Crippen molar-refractivity contribution in [2.75, 3.05) is 0 Å². The lowest BCUT2D eigenvalue weighted by Crippen LogP contribution is -2.62. The molecule has 4 fully saturated rings. The minimum atomic E-state index is -4.59. The second-order valence-corrected chi connectivity index (χ2v) is 9.53. The molecular weight excluding hydrogens is 359 g/mol. The van der Waals surface area contributed by atoms with Gasteiger partial charge in [0.1, 0.15) is 11.3 Å². The minimum Gasteiger partial charge on any atom is -0.507 e. The zero-order valence-corrected chi connectivity index (χ0v) is 15.6. The first-order valence-electron chi connectivity index (χ1n) is 9.15. The number of aromatic hydroxyl groups is 1. The zero-order chi connectivity index (χ0) is 20.3. The second kappa shape index (κ2) is 6.12. The van der Waals surface area contributed by atoms with Gasteiger partial charge in [-0.15, -0.1) is 0 Å². The largest absolute Gasteiger partial charge is 0.507 e. The van der Waals surface area contributed by atoms with Crippen molar-refractivity contribution in [3.05, 3.63) is 29.3 Å². The van der Waals surface area contributed by atoms with Crippen LogP contribution in [0.4, 0.5) is 13.2 Å². The van der Waals surface area contributed by atoms with E-state index in [0.717, 1.165) is 5.92 Å². The normalized spacial score (nSPS) is 36.9. The molecule has 0 amide bonds. The third-order valence-electron chi connectivity index (χ3n) is 6.22. The Balaban J connectivity index is 0.000000156. The molecule has 4 saturated carbocycles. The van der Waals surface area contributed by atoms with E-state index in [0.29, 0.717) is 29.0 Å². The number of benzene rings is 1. The van der Waals surface area contributed by atoms with Crippen molar-refractivity contribution >= 4 is 5.97 Å². The summed E-state index contributed by atoms with van der Waals surface area (Å²) in [6.45, 7) is 4.94. The molecule has 5 rings (SSSR count). The highest BCUT2D eigenvalue weighted by Crippen LogP contribution is 2.65. The Kier molecular flexibility index (Phi) is 4.53. The van der Waals surface area contributed by atoms with Crippen molar-refractivity contribution in [1.82, 2.24) is 0 Å². The molecule has 0 spiro atoms. The van der Waals surface area contributed by atoms with E-state index in [1.807, 2.05) is 0 Å². The lowest BCUT2D eigenvalue weighted by atomic mass is 9.43. The average Bonchev–Trinajstić information content (AvgIpc) is 2.41. The van der Waals surface area contributed by atoms with Gasteiger partial charge in [0.05, 0.1) is 5.56 Å². The number of alkyl halides is 3. The number of hydrogen-bond donors (Lipinski definition) is 3. The van der Waals surface area contributed by atoms with Gasteiger partial charge < -0.3 is 15.9 Å². The van der Waals surface area contributed by atoms with Gasteiger partial charge in [0.25, 0.3) is 0 Å². The number of halogens is 3. The maximum atomic E-state index is 12.0. The standard InChI is InChI=1S/C12H21N.C8H5F3O3/c1-10-3-9-4-11(2,6-10)8-12(13,5-9)7-10;9-8(10,11)4-1-2-5(7(13)14)6(12)3-4/h9H,3-8,13H2,1-2H3;1-3,12H,(H,13,14). The van der Waals surface area contributed by atoms with Crippen molar-refractivity contribution < 1.29 is 28.2 Å². The molecule has 4 bridgehead atoms. The van der Waals surface area contributed by atoms with Crippen LogP contribution in [0.5, 0.6) is 5.75 Å². The summed E-state index contributed by atoms with van der Waals surface area (Å²) in [5, 5.41) is 17.4. The fraction of sp³-hybridized carbons (Fsp3) is 0.650. The van der Waals surface area contributed by atoms with Gasteiger partial charge in [-0.2, -0.15) is 13.2 Å². The highest BCUT2D eigenvalue weighted by molar-refractivity contribution is 5.90. The van der Waals surface area contributed by atoms with Crippen LogP contribution in [0.25, 0.3) is 0 Å². The lowest BCUT2D eigenvalue weighted by molar-refractivity contribution is -0.137. The number of nitrogens with two attached hydrogens (primary N) is 1. The molecule has 4 aliphatic carbocycles. The molecule has 27 heavy (non-hydrogen) atoms.